The van der Waals surface area contributed by atoms with E-state index in [2.05, 4.69) is 0 Å². The van der Waals surface area contributed by atoms with Crippen molar-refractivity contribution < 1.29 is 22.8 Å². The Morgan fingerprint density at radius 3 is 2.27 bits per heavy atom. The summed E-state index contributed by atoms with van der Waals surface area (Å²) in [6.07, 6.45) is -3.77. The van der Waals surface area contributed by atoms with E-state index in [1.54, 1.807) is 0 Å². The zero-order chi connectivity index (χ0) is 17.0. The van der Waals surface area contributed by atoms with E-state index in [9.17, 15) is 18.0 Å². The number of rotatable bonds is 6. The molecule has 0 radical (unpaired) electrons. The van der Waals surface area contributed by atoms with Crippen molar-refractivity contribution in [2.24, 2.45) is 0 Å². The average molecular weight is 357 g/mol. The predicted octanol–water partition coefficient (Wildman–Crippen LogP) is 3.81. The first kappa shape index (κ1) is 18.7. The van der Waals surface area contributed by atoms with Crippen LogP contribution in [0.25, 0.3) is 0 Å². The van der Waals surface area contributed by atoms with Crippen LogP contribution in [0.15, 0.2) is 24.3 Å². The van der Waals surface area contributed by atoms with Gasteiger partial charge in [-0.2, -0.15) is 13.2 Å². The van der Waals surface area contributed by atoms with Crippen LogP contribution in [0.4, 0.5) is 13.2 Å². The topological polar surface area (TPSA) is 53.4 Å². The molecule has 9 heteroatoms. The van der Waals surface area contributed by atoms with E-state index in [-0.39, 0.29) is 13.0 Å². The van der Waals surface area contributed by atoms with E-state index in [0.29, 0.717) is 5.56 Å². The number of hydrogen-bond donors (Lipinski definition) is 1. The number of hydroxylamine groups is 2. The van der Waals surface area contributed by atoms with Crippen LogP contribution in [0.1, 0.15) is 17.5 Å². The highest BCUT2D eigenvalue weighted by Gasteiger charge is 2.37. The van der Waals surface area contributed by atoms with Crippen molar-refractivity contribution in [1.82, 2.24) is 5.06 Å². The zero-order valence-electron chi connectivity index (χ0n) is 11.5. The maximum Gasteiger partial charge on any atom is 0.416 e. The summed E-state index contributed by atoms with van der Waals surface area (Å²) in [6, 6.07) is 4.26. The van der Waals surface area contributed by atoms with Gasteiger partial charge in [0.15, 0.2) is 0 Å². The summed E-state index contributed by atoms with van der Waals surface area (Å²) >= 11 is 11.6. The molecule has 0 aliphatic heterocycles. The zero-order valence-corrected chi connectivity index (χ0v) is 13.0. The molecule has 1 N–H and O–H groups in total. The second-order valence-corrected chi connectivity index (χ2v) is 5.82. The quantitative estimate of drug-likeness (QED) is 0.478. The first-order valence-electron chi connectivity index (χ1n) is 6.01. The fraction of sp³-hybridized carbons (Fsp3) is 0.385. The highest BCUT2D eigenvalue weighted by atomic mass is 35.5. The lowest BCUT2D eigenvalue weighted by Gasteiger charge is -2.26. The molecule has 0 aromatic heterocycles. The fourth-order valence-corrected chi connectivity index (χ4v) is 1.92. The van der Waals surface area contributed by atoms with Gasteiger partial charge in [-0.1, -0.05) is 35.3 Å². The SMILES string of the molecule is CON(Cc1ccc(C(F)(F)F)cc1)C(=O)C(Cl)(Cl)CC=N. The maximum absolute atomic E-state index is 12.5. The molecule has 0 unspecified atom stereocenters. The molecule has 0 fully saturated rings. The molecule has 0 aliphatic carbocycles. The minimum atomic E-state index is -4.43. The lowest BCUT2D eigenvalue weighted by atomic mass is 10.1. The van der Waals surface area contributed by atoms with Gasteiger partial charge >= 0.3 is 6.18 Å². The van der Waals surface area contributed by atoms with E-state index in [1.807, 2.05) is 0 Å². The second kappa shape index (κ2) is 7.30. The van der Waals surface area contributed by atoms with Gasteiger partial charge in [0.05, 0.1) is 19.2 Å². The fourth-order valence-electron chi connectivity index (χ4n) is 1.58. The number of carbonyl (C=O) groups excluding carboxylic acids is 1. The van der Waals surface area contributed by atoms with Crippen LogP contribution in [0, 0.1) is 5.41 Å². The number of nitrogens with one attached hydrogen (secondary N) is 1. The van der Waals surface area contributed by atoms with Crippen LogP contribution in [0.2, 0.25) is 0 Å². The van der Waals surface area contributed by atoms with Crippen molar-refractivity contribution in [2.75, 3.05) is 7.11 Å². The Bertz CT molecular complexity index is 533. The molecule has 22 heavy (non-hydrogen) atoms. The van der Waals surface area contributed by atoms with Gasteiger partial charge in [0.25, 0.3) is 5.91 Å². The molecule has 0 heterocycles. The van der Waals surface area contributed by atoms with Gasteiger partial charge in [0.2, 0.25) is 4.33 Å². The summed E-state index contributed by atoms with van der Waals surface area (Å²) in [6.45, 7) is -0.132. The number of alkyl halides is 5. The normalized spacial score (nSPS) is 12.1. The number of carbonyl (C=O) groups is 1. The standard InChI is InChI=1S/C13H13Cl2F3N2O2/c1-22-20(11(21)12(14,15)6-7-19)8-9-2-4-10(5-3-9)13(16,17)18/h2-5,7,19H,6,8H2,1H3. The third-order valence-corrected chi connectivity index (χ3v) is 3.36. The molecular weight excluding hydrogens is 344 g/mol. The van der Waals surface area contributed by atoms with Crippen molar-refractivity contribution in [3.63, 3.8) is 0 Å². The number of amides is 1. The first-order chi connectivity index (χ1) is 10.1. The largest absolute Gasteiger partial charge is 0.416 e. The summed E-state index contributed by atoms with van der Waals surface area (Å²) in [5, 5.41) is 7.77. The molecule has 1 aromatic carbocycles. The van der Waals surface area contributed by atoms with Crippen LogP contribution >= 0.6 is 23.2 Å². The lowest BCUT2D eigenvalue weighted by Crippen LogP contribution is -2.41. The van der Waals surface area contributed by atoms with Crippen molar-refractivity contribution in [3.8, 4) is 0 Å². The van der Waals surface area contributed by atoms with Crippen molar-refractivity contribution in [1.29, 1.82) is 5.41 Å². The van der Waals surface area contributed by atoms with E-state index in [1.165, 1.54) is 19.2 Å². The first-order valence-corrected chi connectivity index (χ1v) is 6.76. The summed E-state index contributed by atoms with van der Waals surface area (Å²) in [4.78, 5) is 16.9. The molecule has 4 nitrogen and oxygen atoms in total. The minimum absolute atomic E-state index is 0.132. The van der Waals surface area contributed by atoms with E-state index in [0.717, 1.165) is 23.4 Å². The molecule has 0 saturated heterocycles. The number of benzene rings is 1. The van der Waals surface area contributed by atoms with Crippen LogP contribution in [-0.4, -0.2) is 28.6 Å². The Balaban J connectivity index is 2.86. The Hall–Kier alpha value is -1.31. The summed E-state index contributed by atoms with van der Waals surface area (Å²) in [5.41, 5.74) is -0.387. The number of nitrogens with zero attached hydrogens (tertiary/aromatic N) is 1. The highest BCUT2D eigenvalue weighted by molar-refractivity contribution is 6.58. The summed E-state index contributed by atoms with van der Waals surface area (Å²) in [7, 11) is 1.20. The summed E-state index contributed by atoms with van der Waals surface area (Å²) < 4.78 is 35.5. The smallest absolute Gasteiger partial charge is 0.313 e. The molecular formula is C13H13Cl2F3N2O2. The third-order valence-electron chi connectivity index (χ3n) is 2.73. The summed E-state index contributed by atoms with van der Waals surface area (Å²) in [5.74, 6) is -0.804. The Labute approximate surface area is 135 Å². The Morgan fingerprint density at radius 1 is 1.32 bits per heavy atom. The molecule has 1 aromatic rings. The molecule has 0 bridgehead atoms. The predicted molar refractivity (Wildman–Crippen MR) is 76.8 cm³/mol. The Kier molecular flexibility index (Phi) is 6.22. The number of hydrogen-bond acceptors (Lipinski definition) is 3. The lowest BCUT2D eigenvalue weighted by molar-refractivity contribution is -0.180. The molecule has 0 spiro atoms. The van der Waals surface area contributed by atoms with Crippen molar-refractivity contribution >= 4 is 35.3 Å². The third kappa shape index (κ3) is 4.86. The molecule has 0 atom stereocenters. The monoisotopic (exact) mass is 356 g/mol. The molecule has 0 saturated carbocycles. The molecule has 1 rings (SSSR count). The van der Waals surface area contributed by atoms with E-state index < -0.39 is 22.0 Å². The van der Waals surface area contributed by atoms with Crippen molar-refractivity contribution in [2.45, 2.75) is 23.5 Å². The van der Waals surface area contributed by atoms with Gasteiger partial charge in [0, 0.05) is 6.42 Å². The highest BCUT2D eigenvalue weighted by Crippen LogP contribution is 2.30. The molecule has 122 valence electrons. The maximum atomic E-state index is 12.5. The average Bonchev–Trinajstić information content (AvgIpc) is 2.43. The van der Waals surface area contributed by atoms with Gasteiger partial charge in [-0.15, -0.1) is 0 Å². The van der Waals surface area contributed by atoms with Crippen LogP contribution in [0.3, 0.4) is 0 Å². The minimum Gasteiger partial charge on any atom is -0.313 e. The Morgan fingerprint density at radius 2 is 1.86 bits per heavy atom. The van der Waals surface area contributed by atoms with Gasteiger partial charge in [0.1, 0.15) is 0 Å². The van der Waals surface area contributed by atoms with Gasteiger partial charge in [-0.05, 0) is 23.9 Å². The van der Waals surface area contributed by atoms with Crippen LogP contribution in [0.5, 0.6) is 0 Å². The molecule has 0 aliphatic rings. The van der Waals surface area contributed by atoms with Crippen LogP contribution < -0.4 is 0 Å². The van der Waals surface area contributed by atoms with Gasteiger partial charge < -0.3 is 5.41 Å². The van der Waals surface area contributed by atoms with Crippen LogP contribution in [-0.2, 0) is 22.4 Å². The second-order valence-electron chi connectivity index (χ2n) is 4.33. The van der Waals surface area contributed by atoms with Gasteiger partial charge in [-0.25, -0.2) is 5.06 Å². The van der Waals surface area contributed by atoms with Gasteiger partial charge in [-0.3, -0.25) is 9.63 Å². The molecule has 1 amide bonds. The van der Waals surface area contributed by atoms with E-state index in [4.69, 9.17) is 33.4 Å². The number of halogens is 5. The van der Waals surface area contributed by atoms with Crippen molar-refractivity contribution in [3.05, 3.63) is 35.4 Å². The van der Waals surface area contributed by atoms with E-state index >= 15 is 0 Å².